The Morgan fingerprint density at radius 3 is 2.17 bits per heavy atom. The first-order valence-corrected chi connectivity index (χ1v) is 5.17. The lowest BCUT2D eigenvalue weighted by Gasteiger charge is -2.39. The number of nitrogens with two attached hydrogens (primary N) is 1. The summed E-state index contributed by atoms with van der Waals surface area (Å²) >= 11 is 0. The molecule has 0 radical (unpaired) electrons. The van der Waals surface area contributed by atoms with E-state index in [1.165, 1.54) is 19.3 Å². The fourth-order valence-electron chi connectivity index (χ4n) is 2.21. The van der Waals surface area contributed by atoms with Crippen molar-refractivity contribution in [1.29, 1.82) is 0 Å². The van der Waals surface area contributed by atoms with Gasteiger partial charge in [-0.2, -0.15) is 0 Å². The van der Waals surface area contributed by atoms with E-state index in [2.05, 4.69) is 27.7 Å². The van der Waals surface area contributed by atoms with E-state index < -0.39 is 0 Å². The first-order valence-electron chi connectivity index (χ1n) is 5.17. The van der Waals surface area contributed by atoms with E-state index in [0.29, 0.717) is 11.5 Å². The van der Waals surface area contributed by atoms with Crippen molar-refractivity contribution in [2.75, 3.05) is 0 Å². The Bertz CT molecular complexity index is 146. The van der Waals surface area contributed by atoms with E-state index in [9.17, 15) is 0 Å². The predicted octanol–water partition coefficient (Wildman–Crippen LogP) is 2.80. The molecule has 72 valence electrons. The second kappa shape index (κ2) is 3.37. The normalized spacial score (nSPS) is 38.2. The Labute approximate surface area is 76.7 Å². The van der Waals surface area contributed by atoms with Crippen LogP contribution in [0.4, 0.5) is 0 Å². The van der Waals surface area contributed by atoms with Crippen molar-refractivity contribution in [2.24, 2.45) is 23.0 Å². The highest BCUT2D eigenvalue weighted by Gasteiger charge is 2.31. The van der Waals surface area contributed by atoms with Gasteiger partial charge in [0.1, 0.15) is 0 Å². The van der Waals surface area contributed by atoms with Crippen LogP contribution in [-0.4, -0.2) is 6.04 Å². The molecule has 0 aliphatic heterocycles. The largest absolute Gasteiger partial charge is 0.327 e. The summed E-state index contributed by atoms with van der Waals surface area (Å²) in [4.78, 5) is 0. The summed E-state index contributed by atoms with van der Waals surface area (Å²) in [7, 11) is 0. The molecule has 1 saturated carbocycles. The first kappa shape index (κ1) is 10.0. The molecule has 0 aromatic heterocycles. The third kappa shape index (κ3) is 2.22. The van der Waals surface area contributed by atoms with Gasteiger partial charge in [-0.05, 0) is 36.5 Å². The van der Waals surface area contributed by atoms with Gasteiger partial charge in [-0.15, -0.1) is 0 Å². The zero-order chi connectivity index (χ0) is 9.35. The highest BCUT2D eigenvalue weighted by molar-refractivity contribution is 4.85. The Kier molecular flexibility index (Phi) is 2.82. The van der Waals surface area contributed by atoms with Crippen LogP contribution in [0.3, 0.4) is 0 Å². The van der Waals surface area contributed by atoms with Crippen molar-refractivity contribution < 1.29 is 0 Å². The van der Waals surface area contributed by atoms with Crippen LogP contribution in [0.1, 0.15) is 47.0 Å². The molecule has 3 atom stereocenters. The Balaban J connectivity index is 2.51. The molecule has 0 saturated heterocycles. The van der Waals surface area contributed by atoms with Crippen molar-refractivity contribution in [3.63, 3.8) is 0 Å². The summed E-state index contributed by atoms with van der Waals surface area (Å²) in [5, 5.41) is 0. The smallest absolute Gasteiger partial charge is 0.00647 e. The Hall–Kier alpha value is -0.0400. The average molecular weight is 169 g/mol. The lowest BCUT2D eigenvalue weighted by molar-refractivity contribution is 0.134. The van der Waals surface area contributed by atoms with Crippen molar-refractivity contribution in [3.05, 3.63) is 0 Å². The quantitative estimate of drug-likeness (QED) is 0.593. The van der Waals surface area contributed by atoms with E-state index in [1.807, 2.05) is 0 Å². The minimum atomic E-state index is 0.462. The van der Waals surface area contributed by atoms with Crippen LogP contribution in [0, 0.1) is 17.3 Å². The maximum absolute atomic E-state index is 5.98. The van der Waals surface area contributed by atoms with Crippen LogP contribution in [0.2, 0.25) is 0 Å². The summed E-state index contributed by atoms with van der Waals surface area (Å²) in [5.41, 5.74) is 6.46. The van der Waals surface area contributed by atoms with Crippen LogP contribution in [0.5, 0.6) is 0 Å². The van der Waals surface area contributed by atoms with Crippen molar-refractivity contribution >= 4 is 0 Å². The van der Waals surface area contributed by atoms with Gasteiger partial charge in [0.25, 0.3) is 0 Å². The number of hydrogen-bond donors (Lipinski definition) is 1. The van der Waals surface area contributed by atoms with E-state index in [4.69, 9.17) is 5.73 Å². The second-order valence-electron chi connectivity index (χ2n) is 5.52. The Morgan fingerprint density at radius 2 is 1.75 bits per heavy atom. The molecule has 1 nitrogen and oxygen atoms in total. The van der Waals surface area contributed by atoms with Gasteiger partial charge in [0.2, 0.25) is 0 Å². The van der Waals surface area contributed by atoms with E-state index in [0.717, 1.165) is 11.8 Å². The molecule has 0 amide bonds. The van der Waals surface area contributed by atoms with Gasteiger partial charge < -0.3 is 5.73 Å². The highest BCUT2D eigenvalue weighted by atomic mass is 14.7. The van der Waals surface area contributed by atoms with Gasteiger partial charge >= 0.3 is 0 Å². The minimum Gasteiger partial charge on any atom is -0.327 e. The van der Waals surface area contributed by atoms with Crippen LogP contribution < -0.4 is 5.73 Å². The maximum Gasteiger partial charge on any atom is 0.00647 e. The lowest BCUT2D eigenvalue weighted by Crippen LogP contribution is -2.38. The molecule has 0 bridgehead atoms. The zero-order valence-electron chi connectivity index (χ0n) is 8.93. The third-order valence-electron chi connectivity index (χ3n) is 3.46. The first-order chi connectivity index (χ1) is 5.41. The number of hydrogen-bond acceptors (Lipinski definition) is 1. The van der Waals surface area contributed by atoms with Gasteiger partial charge in [0, 0.05) is 6.04 Å². The molecule has 12 heavy (non-hydrogen) atoms. The third-order valence-corrected chi connectivity index (χ3v) is 3.46. The fraction of sp³-hybridized carbons (Fsp3) is 1.00. The summed E-state index contributed by atoms with van der Waals surface area (Å²) < 4.78 is 0. The van der Waals surface area contributed by atoms with Crippen LogP contribution in [0.15, 0.2) is 0 Å². The van der Waals surface area contributed by atoms with E-state index in [1.54, 1.807) is 0 Å². The van der Waals surface area contributed by atoms with Gasteiger partial charge in [-0.1, -0.05) is 27.7 Å². The summed E-state index contributed by atoms with van der Waals surface area (Å²) in [6.45, 7) is 9.34. The van der Waals surface area contributed by atoms with E-state index in [-0.39, 0.29) is 0 Å². The molecule has 0 spiro atoms. The molecule has 0 aromatic rings. The maximum atomic E-state index is 5.98. The fourth-order valence-corrected chi connectivity index (χ4v) is 2.21. The van der Waals surface area contributed by atoms with Crippen molar-refractivity contribution in [2.45, 2.75) is 53.0 Å². The Morgan fingerprint density at radius 1 is 1.17 bits per heavy atom. The van der Waals surface area contributed by atoms with Crippen molar-refractivity contribution in [3.8, 4) is 0 Å². The zero-order valence-corrected chi connectivity index (χ0v) is 8.93. The number of rotatable bonds is 0. The predicted molar refractivity (Wildman–Crippen MR) is 53.9 cm³/mol. The van der Waals surface area contributed by atoms with Crippen LogP contribution >= 0.6 is 0 Å². The molecule has 3 unspecified atom stereocenters. The van der Waals surface area contributed by atoms with Crippen molar-refractivity contribution in [1.82, 2.24) is 0 Å². The minimum absolute atomic E-state index is 0.462. The topological polar surface area (TPSA) is 26.0 Å². The molecule has 2 N–H and O–H groups in total. The lowest BCUT2D eigenvalue weighted by atomic mass is 9.68. The van der Waals surface area contributed by atoms with Gasteiger partial charge in [-0.3, -0.25) is 0 Å². The monoisotopic (exact) mass is 169 g/mol. The molecular formula is C11H23N. The van der Waals surface area contributed by atoms with Gasteiger partial charge in [0.15, 0.2) is 0 Å². The van der Waals surface area contributed by atoms with Gasteiger partial charge in [0.05, 0.1) is 0 Å². The summed E-state index contributed by atoms with van der Waals surface area (Å²) in [6.07, 6.45) is 3.88. The SMILES string of the molecule is CC1CC(C(C)(C)C)CCC1N. The second-order valence-corrected chi connectivity index (χ2v) is 5.52. The molecule has 0 heterocycles. The standard InChI is InChI=1S/C11H23N/c1-8-7-9(11(2,3)4)5-6-10(8)12/h8-10H,5-7,12H2,1-4H3. The average Bonchev–Trinajstić information content (AvgIpc) is 1.92. The molecule has 1 aliphatic rings. The summed E-state index contributed by atoms with van der Waals surface area (Å²) in [6, 6.07) is 0.462. The summed E-state index contributed by atoms with van der Waals surface area (Å²) in [5.74, 6) is 1.61. The van der Waals surface area contributed by atoms with Crippen LogP contribution in [0.25, 0.3) is 0 Å². The molecule has 1 rings (SSSR count). The molecule has 0 aromatic carbocycles. The van der Waals surface area contributed by atoms with E-state index >= 15 is 0 Å². The molecular weight excluding hydrogens is 146 g/mol. The molecule has 1 fully saturated rings. The van der Waals surface area contributed by atoms with Gasteiger partial charge in [-0.25, -0.2) is 0 Å². The molecule has 1 aliphatic carbocycles. The molecule has 1 heteroatoms. The highest BCUT2D eigenvalue weighted by Crippen LogP contribution is 2.39. The van der Waals surface area contributed by atoms with Crippen LogP contribution in [-0.2, 0) is 0 Å².